The Morgan fingerprint density at radius 1 is 1.33 bits per heavy atom. The lowest BCUT2D eigenvalue weighted by Gasteiger charge is -2.02. The van der Waals surface area contributed by atoms with E-state index in [4.69, 9.17) is 16.6 Å². The molecule has 1 aromatic rings. The Labute approximate surface area is 71.3 Å². The summed E-state index contributed by atoms with van der Waals surface area (Å²) in [6.45, 7) is 0.00817. The van der Waals surface area contributed by atoms with Crippen LogP contribution in [0.25, 0.3) is 6.08 Å². The van der Waals surface area contributed by atoms with Crippen LogP contribution in [0.1, 0.15) is 5.56 Å². The number of aliphatic hydroxyl groups is 1. The van der Waals surface area contributed by atoms with E-state index in [0.29, 0.717) is 11.4 Å². The fraction of sp³-hybridized carbons (Fsp3) is 0.111. The standard InChI is InChI=1S/C9H12N2O/c10-8-5-1-3-7(9(8)11)4-2-6-12/h1-5,12H,6,10-11H2. The van der Waals surface area contributed by atoms with Gasteiger partial charge in [0, 0.05) is 0 Å². The molecular formula is C9H12N2O. The molecular weight excluding hydrogens is 152 g/mol. The maximum atomic E-state index is 8.53. The third-order valence-corrected chi connectivity index (χ3v) is 1.58. The van der Waals surface area contributed by atoms with Crippen molar-refractivity contribution in [3.63, 3.8) is 0 Å². The topological polar surface area (TPSA) is 72.3 Å². The van der Waals surface area contributed by atoms with Crippen molar-refractivity contribution in [1.82, 2.24) is 0 Å². The van der Waals surface area contributed by atoms with Gasteiger partial charge in [0.05, 0.1) is 18.0 Å². The molecule has 0 aromatic heterocycles. The van der Waals surface area contributed by atoms with Gasteiger partial charge in [-0.2, -0.15) is 0 Å². The number of rotatable bonds is 2. The fourth-order valence-corrected chi connectivity index (χ4v) is 0.927. The molecule has 0 unspecified atom stereocenters. The fourth-order valence-electron chi connectivity index (χ4n) is 0.927. The van der Waals surface area contributed by atoms with Crippen LogP contribution in [0.3, 0.4) is 0 Å². The smallest absolute Gasteiger partial charge is 0.0621 e. The number of nitrogen functional groups attached to an aromatic ring is 2. The number of para-hydroxylation sites is 1. The number of anilines is 2. The Balaban J connectivity index is 3.00. The molecule has 64 valence electrons. The van der Waals surface area contributed by atoms with Gasteiger partial charge in [0.1, 0.15) is 0 Å². The predicted octanol–water partition coefficient (Wildman–Crippen LogP) is 0.857. The maximum Gasteiger partial charge on any atom is 0.0621 e. The third kappa shape index (κ3) is 1.77. The lowest BCUT2D eigenvalue weighted by molar-refractivity contribution is 0.343. The molecule has 0 bridgehead atoms. The molecule has 1 aromatic carbocycles. The lowest BCUT2D eigenvalue weighted by Crippen LogP contribution is -1.96. The average Bonchev–Trinajstić information content (AvgIpc) is 2.08. The summed E-state index contributed by atoms with van der Waals surface area (Å²) in [5, 5.41) is 8.53. The van der Waals surface area contributed by atoms with E-state index in [1.165, 1.54) is 0 Å². The first kappa shape index (κ1) is 8.62. The molecule has 0 saturated carbocycles. The number of hydrogen-bond acceptors (Lipinski definition) is 3. The monoisotopic (exact) mass is 164 g/mol. The summed E-state index contributed by atoms with van der Waals surface area (Å²) in [5.74, 6) is 0. The van der Waals surface area contributed by atoms with Crippen LogP contribution in [0.15, 0.2) is 24.3 Å². The van der Waals surface area contributed by atoms with Gasteiger partial charge in [0.2, 0.25) is 0 Å². The van der Waals surface area contributed by atoms with Crippen LogP contribution in [0.5, 0.6) is 0 Å². The van der Waals surface area contributed by atoms with E-state index in [1.54, 1.807) is 18.2 Å². The van der Waals surface area contributed by atoms with Gasteiger partial charge in [-0.25, -0.2) is 0 Å². The Kier molecular flexibility index (Phi) is 2.71. The van der Waals surface area contributed by atoms with Crippen molar-refractivity contribution in [2.75, 3.05) is 18.1 Å². The molecule has 1 rings (SSSR count). The van der Waals surface area contributed by atoms with Crippen molar-refractivity contribution in [3.05, 3.63) is 29.8 Å². The molecule has 5 N–H and O–H groups in total. The van der Waals surface area contributed by atoms with E-state index in [0.717, 1.165) is 5.56 Å². The molecule has 0 aliphatic rings. The average molecular weight is 164 g/mol. The highest BCUT2D eigenvalue weighted by Gasteiger charge is 1.96. The van der Waals surface area contributed by atoms with Crippen molar-refractivity contribution >= 4 is 17.5 Å². The molecule has 0 atom stereocenters. The van der Waals surface area contributed by atoms with E-state index in [-0.39, 0.29) is 6.61 Å². The summed E-state index contributed by atoms with van der Waals surface area (Å²) < 4.78 is 0. The van der Waals surface area contributed by atoms with Gasteiger partial charge in [0.15, 0.2) is 0 Å². The SMILES string of the molecule is Nc1cccc(C=CCO)c1N. The quantitative estimate of drug-likeness (QED) is 0.567. The van der Waals surface area contributed by atoms with Gasteiger partial charge < -0.3 is 16.6 Å². The van der Waals surface area contributed by atoms with Gasteiger partial charge in [-0.15, -0.1) is 0 Å². The number of hydrogen-bond donors (Lipinski definition) is 3. The van der Waals surface area contributed by atoms with Crippen molar-refractivity contribution in [3.8, 4) is 0 Å². The zero-order valence-electron chi connectivity index (χ0n) is 6.70. The summed E-state index contributed by atoms with van der Waals surface area (Å²) in [6.07, 6.45) is 3.36. The van der Waals surface area contributed by atoms with Gasteiger partial charge >= 0.3 is 0 Å². The molecule has 0 radical (unpaired) electrons. The highest BCUT2D eigenvalue weighted by molar-refractivity contribution is 5.75. The summed E-state index contributed by atoms with van der Waals surface area (Å²) in [5.41, 5.74) is 13.2. The number of aliphatic hydroxyl groups excluding tert-OH is 1. The predicted molar refractivity (Wildman–Crippen MR) is 51.4 cm³/mol. The normalized spacial score (nSPS) is 10.8. The summed E-state index contributed by atoms with van der Waals surface area (Å²) in [4.78, 5) is 0. The minimum Gasteiger partial charge on any atom is -0.397 e. The van der Waals surface area contributed by atoms with Crippen LogP contribution in [0.2, 0.25) is 0 Å². The highest BCUT2D eigenvalue weighted by Crippen LogP contribution is 2.20. The largest absolute Gasteiger partial charge is 0.397 e. The first-order valence-corrected chi connectivity index (χ1v) is 3.67. The Bertz CT molecular complexity index is 295. The van der Waals surface area contributed by atoms with Gasteiger partial charge in [-0.3, -0.25) is 0 Å². The van der Waals surface area contributed by atoms with E-state index in [9.17, 15) is 0 Å². The minimum atomic E-state index is 0.00817. The van der Waals surface area contributed by atoms with E-state index >= 15 is 0 Å². The molecule has 0 aliphatic heterocycles. The first-order chi connectivity index (χ1) is 5.75. The van der Waals surface area contributed by atoms with Crippen LogP contribution in [-0.2, 0) is 0 Å². The molecule has 0 aliphatic carbocycles. The van der Waals surface area contributed by atoms with E-state index in [1.807, 2.05) is 12.1 Å². The molecule has 0 saturated heterocycles. The van der Waals surface area contributed by atoms with Crippen LogP contribution < -0.4 is 11.5 Å². The van der Waals surface area contributed by atoms with Crippen molar-refractivity contribution in [2.24, 2.45) is 0 Å². The Hall–Kier alpha value is -1.48. The van der Waals surface area contributed by atoms with Gasteiger partial charge in [0.25, 0.3) is 0 Å². The molecule has 0 fully saturated rings. The summed E-state index contributed by atoms with van der Waals surface area (Å²) >= 11 is 0. The molecule has 3 heteroatoms. The van der Waals surface area contributed by atoms with Crippen LogP contribution in [0.4, 0.5) is 11.4 Å². The number of benzene rings is 1. The zero-order valence-corrected chi connectivity index (χ0v) is 6.70. The molecule has 0 spiro atoms. The van der Waals surface area contributed by atoms with E-state index in [2.05, 4.69) is 0 Å². The number of nitrogens with two attached hydrogens (primary N) is 2. The first-order valence-electron chi connectivity index (χ1n) is 3.67. The molecule has 12 heavy (non-hydrogen) atoms. The van der Waals surface area contributed by atoms with Crippen molar-refractivity contribution < 1.29 is 5.11 Å². The van der Waals surface area contributed by atoms with Crippen LogP contribution >= 0.6 is 0 Å². The second-order valence-electron chi connectivity index (χ2n) is 2.44. The summed E-state index contributed by atoms with van der Waals surface area (Å²) in [7, 11) is 0. The minimum absolute atomic E-state index is 0.00817. The summed E-state index contributed by atoms with van der Waals surface area (Å²) in [6, 6.07) is 5.41. The zero-order chi connectivity index (χ0) is 8.97. The van der Waals surface area contributed by atoms with Gasteiger partial charge in [-0.05, 0) is 11.6 Å². The van der Waals surface area contributed by atoms with Crippen molar-refractivity contribution in [1.29, 1.82) is 0 Å². The van der Waals surface area contributed by atoms with Crippen molar-refractivity contribution in [2.45, 2.75) is 0 Å². The molecule has 3 nitrogen and oxygen atoms in total. The Morgan fingerprint density at radius 2 is 2.08 bits per heavy atom. The van der Waals surface area contributed by atoms with Crippen LogP contribution in [0, 0.1) is 0 Å². The van der Waals surface area contributed by atoms with Crippen LogP contribution in [-0.4, -0.2) is 11.7 Å². The molecule has 0 heterocycles. The van der Waals surface area contributed by atoms with Gasteiger partial charge in [-0.1, -0.05) is 24.3 Å². The second kappa shape index (κ2) is 3.78. The second-order valence-corrected chi connectivity index (χ2v) is 2.44. The molecule has 0 amide bonds. The Morgan fingerprint density at radius 3 is 2.75 bits per heavy atom. The lowest BCUT2D eigenvalue weighted by atomic mass is 10.1. The third-order valence-electron chi connectivity index (χ3n) is 1.58. The van der Waals surface area contributed by atoms with E-state index < -0.39 is 0 Å². The highest BCUT2D eigenvalue weighted by atomic mass is 16.2. The maximum absolute atomic E-state index is 8.53.